The van der Waals surface area contributed by atoms with Gasteiger partial charge in [0.15, 0.2) is 0 Å². The van der Waals surface area contributed by atoms with E-state index < -0.39 is 15.8 Å². The molecule has 4 nitrogen and oxygen atoms in total. The molecule has 1 heterocycles. The number of hydrogen-bond donors (Lipinski definition) is 1. The molecular weight excluding hydrogens is 267 g/mol. The van der Waals surface area contributed by atoms with Crippen LogP contribution in [0.4, 0.5) is 4.39 Å². The van der Waals surface area contributed by atoms with Crippen LogP contribution in [0.1, 0.15) is 24.8 Å². The van der Waals surface area contributed by atoms with Gasteiger partial charge in [-0.15, -0.1) is 0 Å². The van der Waals surface area contributed by atoms with Crippen LogP contribution in [0.5, 0.6) is 0 Å². The SMILES string of the molecule is Cc1cc(S(=O)(=O)N2CCCCC2CN)ccc1F. The van der Waals surface area contributed by atoms with Crippen molar-refractivity contribution in [1.29, 1.82) is 0 Å². The van der Waals surface area contributed by atoms with E-state index in [-0.39, 0.29) is 10.9 Å². The molecule has 0 radical (unpaired) electrons. The first kappa shape index (κ1) is 14.4. The van der Waals surface area contributed by atoms with Crippen molar-refractivity contribution >= 4 is 10.0 Å². The van der Waals surface area contributed by atoms with Gasteiger partial charge in [-0.25, -0.2) is 12.8 Å². The van der Waals surface area contributed by atoms with Crippen molar-refractivity contribution in [3.8, 4) is 0 Å². The second-order valence-corrected chi connectivity index (χ2v) is 6.80. The van der Waals surface area contributed by atoms with Gasteiger partial charge in [-0.2, -0.15) is 4.31 Å². The second kappa shape index (κ2) is 5.56. The molecule has 2 N–H and O–H groups in total. The molecule has 0 saturated carbocycles. The number of piperidine rings is 1. The number of aryl methyl sites for hydroxylation is 1. The molecule has 1 aliphatic heterocycles. The summed E-state index contributed by atoms with van der Waals surface area (Å²) in [6.45, 7) is 2.37. The van der Waals surface area contributed by atoms with Crippen LogP contribution < -0.4 is 5.73 Å². The first-order valence-corrected chi connectivity index (χ1v) is 7.89. The Hall–Kier alpha value is -0.980. The largest absolute Gasteiger partial charge is 0.329 e. The topological polar surface area (TPSA) is 63.4 Å². The third kappa shape index (κ3) is 2.80. The minimum absolute atomic E-state index is 0.145. The van der Waals surface area contributed by atoms with Crippen LogP contribution >= 0.6 is 0 Å². The summed E-state index contributed by atoms with van der Waals surface area (Å²) in [5.74, 6) is -0.395. The van der Waals surface area contributed by atoms with Crippen LogP contribution in [-0.4, -0.2) is 31.9 Å². The summed E-state index contributed by atoms with van der Waals surface area (Å²) in [6, 6.07) is 3.75. The van der Waals surface area contributed by atoms with Gasteiger partial charge >= 0.3 is 0 Å². The van der Waals surface area contributed by atoms with E-state index in [4.69, 9.17) is 5.73 Å². The quantitative estimate of drug-likeness (QED) is 0.918. The van der Waals surface area contributed by atoms with E-state index in [0.29, 0.717) is 18.7 Å². The maximum Gasteiger partial charge on any atom is 0.243 e. The fourth-order valence-corrected chi connectivity index (χ4v) is 4.23. The first-order valence-electron chi connectivity index (χ1n) is 6.45. The van der Waals surface area contributed by atoms with Crippen molar-refractivity contribution in [2.75, 3.05) is 13.1 Å². The Morgan fingerprint density at radius 1 is 1.42 bits per heavy atom. The lowest BCUT2D eigenvalue weighted by Crippen LogP contribution is -2.47. The summed E-state index contributed by atoms with van der Waals surface area (Å²) in [6.07, 6.45) is 2.63. The van der Waals surface area contributed by atoms with E-state index in [1.54, 1.807) is 6.92 Å². The first-order chi connectivity index (χ1) is 8.96. The Morgan fingerprint density at radius 3 is 2.79 bits per heavy atom. The van der Waals surface area contributed by atoms with Gasteiger partial charge in [0, 0.05) is 19.1 Å². The summed E-state index contributed by atoms with van der Waals surface area (Å²) in [5.41, 5.74) is 5.99. The number of halogens is 1. The van der Waals surface area contributed by atoms with Crippen molar-refractivity contribution in [3.05, 3.63) is 29.6 Å². The summed E-state index contributed by atoms with van der Waals surface area (Å²) >= 11 is 0. The standard InChI is InChI=1S/C13H19FN2O2S/c1-10-8-12(5-6-13(10)14)19(17,18)16-7-3-2-4-11(16)9-15/h5-6,8,11H,2-4,7,9,15H2,1H3. The van der Waals surface area contributed by atoms with E-state index >= 15 is 0 Å². The molecule has 0 aromatic heterocycles. The van der Waals surface area contributed by atoms with E-state index in [0.717, 1.165) is 19.3 Å². The third-order valence-corrected chi connectivity index (χ3v) is 5.53. The van der Waals surface area contributed by atoms with Crippen molar-refractivity contribution in [2.45, 2.75) is 37.1 Å². The van der Waals surface area contributed by atoms with Crippen molar-refractivity contribution < 1.29 is 12.8 Å². The molecule has 1 unspecified atom stereocenters. The average molecular weight is 286 g/mol. The highest BCUT2D eigenvalue weighted by atomic mass is 32.2. The minimum atomic E-state index is -3.58. The number of sulfonamides is 1. The third-order valence-electron chi connectivity index (χ3n) is 3.58. The van der Waals surface area contributed by atoms with Crippen LogP contribution in [0, 0.1) is 12.7 Å². The number of hydrogen-bond acceptors (Lipinski definition) is 3. The molecule has 1 saturated heterocycles. The van der Waals surface area contributed by atoms with E-state index in [1.807, 2.05) is 0 Å². The summed E-state index contributed by atoms with van der Waals surface area (Å²) in [5, 5.41) is 0. The van der Waals surface area contributed by atoms with Gasteiger partial charge < -0.3 is 5.73 Å². The lowest BCUT2D eigenvalue weighted by molar-refractivity contribution is 0.257. The molecule has 19 heavy (non-hydrogen) atoms. The molecule has 1 fully saturated rings. The van der Waals surface area contributed by atoms with Crippen LogP contribution in [0.3, 0.4) is 0 Å². The van der Waals surface area contributed by atoms with E-state index in [2.05, 4.69) is 0 Å². The molecule has 1 aromatic rings. The number of nitrogens with two attached hydrogens (primary N) is 1. The molecule has 0 aliphatic carbocycles. The van der Waals surface area contributed by atoms with E-state index in [9.17, 15) is 12.8 Å². The van der Waals surface area contributed by atoms with Crippen LogP contribution in [0.25, 0.3) is 0 Å². The lowest BCUT2D eigenvalue weighted by atomic mass is 10.1. The zero-order valence-electron chi connectivity index (χ0n) is 11.0. The fourth-order valence-electron chi connectivity index (χ4n) is 2.44. The molecule has 6 heteroatoms. The van der Waals surface area contributed by atoms with Gasteiger partial charge in [0.25, 0.3) is 0 Å². The van der Waals surface area contributed by atoms with Crippen LogP contribution in [-0.2, 0) is 10.0 Å². The van der Waals surface area contributed by atoms with E-state index in [1.165, 1.54) is 22.5 Å². The Morgan fingerprint density at radius 2 is 2.16 bits per heavy atom. The second-order valence-electron chi connectivity index (χ2n) is 4.91. The number of benzene rings is 1. The van der Waals surface area contributed by atoms with Gasteiger partial charge in [-0.05, 0) is 43.5 Å². The number of nitrogens with zero attached hydrogens (tertiary/aromatic N) is 1. The van der Waals surface area contributed by atoms with Crippen molar-refractivity contribution in [1.82, 2.24) is 4.31 Å². The smallest absolute Gasteiger partial charge is 0.243 e. The minimum Gasteiger partial charge on any atom is -0.329 e. The van der Waals surface area contributed by atoms with Gasteiger partial charge in [0.05, 0.1) is 4.90 Å². The Kier molecular flexibility index (Phi) is 4.23. The molecule has 1 aromatic carbocycles. The maximum atomic E-state index is 13.2. The van der Waals surface area contributed by atoms with Gasteiger partial charge in [0.2, 0.25) is 10.0 Å². The molecule has 2 rings (SSSR count). The molecule has 0 amide bonds. The summed E-state index contributed by atoms with van der Waals surface area (Å²) in [7, 11) is -3.58. The summed E-state index contributed by atoms with van der Waals surface area (Å²) in [4.78, 5) is 0.145. The monoisotopic (exact) mass is 286 g/mol. The van der Waals surface area contributed by atoms with Crippen LogP contribution in [0.15, 0.2) is 23.1 Å². The molecule has 1 aliphatic rings. The van der Waals surface area contributed by atoms with Crippen LogP contribution in [0.2, 0.25) is 0 Å². The predicted octanol–water partition coefficient (Wildman–Crippen LogP) is 1.64. The molecule has 1 atom stereocenters. The molecular formula is C13H19FN2O2S. The van der Waals surface area contributed by atoms with Gasteiger partial charge in [-0.1, -0.05) is 6.42 Å². The highest BCUT2D eigenvalue weighted by Gasteiger charge is 2.32. The lowest BCUT2D eigenvalue weighted by Gasteiger charge is -2.33. The van der Waals surface area contributed by atoms with Crippen molar-refractivity contribution in [2.24, 2.45) is 5.73 Å². The molecule has 0 spiro atoms. The molecule has 0 bridgehead atoms. The fraction of sp³-hybridized carbons (Fsp3) is 0.538. The summed E-state index contributed by atoms with van der Waals surface area (Å²) < 4.78 is 39.8. The highest BCUT2D eigenvalue weighted by Crippen LogP contribution is 2.25. The zero-order valence-corrected chi connectivity index (χ0v) is 11.8. The normalized spacial score (nSPS) is 21.5. The average Bonchev–Trinajstić information content (AvgIpc) is 2.41. The zero-order chi connectivity index (χ0) is 14.0. The van der Waals surface area contributed by atoms with Gasteiger partial charge in [0.1, 0.15) is 5.82 Å². The number of rotatable bonds is 3. The highest BCUT2D eigenvalue weighted by molar-refractivity contribution is 7.89. The predicted molar refractivity (Wildman–Crippen MR) is 71.7 cm³/mol. The Bertz CT molecular complexity index is 560. The molecule has 106 valence electrons. The van der Waals surface area contributed by atoms with Gasteiger partial charge in [-0.3, -0.25) is 0 Å². The maximum absolute atomic E-state index is 13.2. The Labute approximate surface area is 113 Å². The Balaban J connectivity index is 2.37. The van der Waals surface area contributed by atoms with Crippen molar-refractivity contribution in [3.63, 3.8) is 0 Å².